The number of halogens is 4. The van der Waals surface area contributed by atoms with Crippen molar-refractivity contribution in [3.8, 4) is 0 Å². The maximum atomic E-state index is 13.9. The third-order valence-corrected chi connectivity index (χ3v) is 6.99. The van der Waals surface area contributed by atoms with Crippen LogP contribution in [0.15, 0.2) is 0 Å². The summed E-state index contributed by atoms with van der Waals surface area (Å²) in [6.45, 7) is 1.12. The molecule has 3 aliphatic heterocycles. The molecular weight excluding hydrogens is 568 g/mol. The van der Waals surface area contributed by atoms with E-state index in [1.165, 1.54) is 7.11 Å². The molecule has 3 aliphatic rings. The molecule has 0 saturated carbocycles. The number of carbonyl (C=O) groups is 3. The molecule has 0 aromatic carbocycles. The summed E-state index contributed by atoms with van der Waals surface area (Å²) in [5, 5.41) is 0. The van der Waals surface area contributed by atoms with Gasteiger partial charge in [0.05, 0.1) is 39.5 Å². The van der Waals surface area contributed by atoms with Crippen LogP contribution < -0.4 is 0 Å². The van der Waals surface area contributed by atoms with Gasteiger partial charge in [-0.1, -0.05) is 0 Å². The summed E-state index contributed by atoms with van der Waals surface area (Å²) >= 11 is 0. The summed E-state index contributed by atoms with van der Waals surface area (Å²) in [5.41, 5.74) is 0. The Morgan fingerprint density at radius 1 is 0.949 bits per heavy atom. The lowest BCUT2D eigenvalue weighted by atomic mass is 9.78. The fourth-order valence-electron chi connectivity index (χ4n) is 4.49. The zero-order chi connectivity index (χ0) is 29.0. The standard InChI is InChI=1S/C21H28F4O13S/c1-32-4-5-33-6-7-34-8-9-35-18(27)12-13-15-17(38-19(13)28)16(14(12)37-15)36-11(26)2-3-20(22,23)21(24,25)10-39(29,30)31/h12-17H,2-10H2,1H3,(H,29,30,31). The number of hydrogen-bond acceptors (Lipinski definition) is 12. The van der Waals surface area contributed by atoms with E-state index >= 15 is 0 Å². The van der Waals surface area contributed by atoms with Crippen LogP contribution in [0.2, 0.25) is 0 Å². The quantitative estimate of drug-likeness (QED) is 0.0783. The van der Waals surface area contributed by atoms with Crippen molar-refractivity contribution in [2.24, 2.45) is 11.8 Å². The Bertz CT molecular complexity index is 1010. The Kier molecular flexibility index (Phi) is 10.1. The van der Waals surface area contributed by atoms with Crippen LogP contribution in [0.1, 0.15) is 12.8 Å². The molecule has 0 aliphatic carbocycles. The fraction of sp³-hybridized carbons (Fsp3) is 0.857. The van der Waals surface area contributed by atoms with Crippen LogP contribution in [-0.4, -0.2) is 120 Å². The highest BCUT2D eigenvalue weighted by Crippen LogP contribution is 2.51. The second-order valence-electron chi connectivity index (χ2n) is 8.99. The highest BCUT2D eigenvalue weighted by atomic mass is 32.2. The SMILES string of the molecule is COCCOCCOCCOC(=O)C1C2OC3C(OC(=O)C31)C2OC(=O)CCC(F)(F)C(F)(F)CS(=O)(=O)O. The average molecular weight is 597 g/mol. The van der Waals surface area contributed by atoms with Crippen molar-refractivity contribution in [3.63, 3.8) is 0 Å². The number of alkyl halides is 4. The van der Waals surface area contributed by atoms with Crippen molar-refractivity contribution in [1.29, 1.82) is 0 Å². The zero-order valence-electron chi connectivity index (χ0n) is 20.6. The molecule has 6 atom stereocenters. The molecule has 39 heavy (non-hydrogen) atoms. The second-order valence-corrected chi connectivity index (χ2v) is 10.4. The molecule has 3 heterocycles. The van der Waals surface area contributed by atoms with Crippen LogP contribution in [0.3, 0.4) is 0 Å². The molecule has 0 aromatic heterocycles. The van der Waals surface area contributed by atoms with Gasteiger partial charge in [0.25, 0.3) is 10.1 Å². The van der Waals surface area contributed by atoms with Crippen molar-refractivity contribution < 1.29 is 78.1 Å². The molecule has 13 nitrogen and oxygen atoms in total. The van der Waals surface area contributed by atoms with E-state index in [1.807, 2.05) is 0 Å². The first-order valence-electron chi connectivity index (χ1n) is 11.8. The van der Waals surface area contributed by atoms with E-state index in [4.69, 9.17) is 37.7 Å². The first kappa shape index (κ1) is 31.4. The van der Waals surface area contributed by atoms with Gasteiger partial charge in [0.1, 0.15) is 36.4 Å². The Morgan fingerprint density at radius 3 is 2.18 bits per heavy atom. The molecule has 3 rings (SSSR count). The first-order chi connectivity index (χ1) is 18.2. The minimum Gasteiger partial charge on any atom is -0.463 e. The van der Waals surface area contributed by atoms with E-state index in [1.54, 1.807) is 0 Å². The van der Waals surface area contributed by atoms with Gasteiger partial charge < -0.3 is 33.2 Å². The topological polar surface area (TPSA) is 170 Å². The predicted octanol–water partition coefficient (Wildman–Crippen LogP) is -0.00160. The number of ether oxygens (including phenoxy) is 7. The molecule has 0 aromatic rings. The molecule has 6 unspecified atom stereocenters. The minimum absolute atomic E-state index is 0.00757. The lowest BCUT2D eigenvalue weighted by Crippen LogP contribution is -2.48. The summed E-state index contributed by atoms with van der Waals surface area (Å²) in [4.78, 5) is 37.2. The van der Waals surface area contributed by atoms with Crippen LogP contribution in [0, 0.1) is 11.8 Å². The second kappa shape index (κ2) is 12.6. The van der Waals surface area contributed by atoms with Crippen LogP contribution in [0.25, 0.3) is 0 Å². The Labute approximate surface area is 220 Å². The number of fused-ring (bicyclic) bond motifs is 1. The van der Waals surface area contributed by atoms with Gasteiger partial charge in [-0.3, -0.25) is 18.9 Å². The molecule has 0 radical (unpaired) electrons. The van der Waals surface area contributed by atoms with Crippen LogP contribution in [-0.2, 0) is 57.7 Å². The number of carbonyl (C=O) groups excluding carboxylic acids is 3. The van der Waals surface area contributed by atoms with Crippen molar-refractivity contribution in [2.45, 2.75) is 49.1 Å². The summed E-state index contributed by atoms with van der Waals surface area (Å²) in [6, 6.07) is 0. The Hall–Kier alpha value is -2.12. The van der Waals surface area contributed by atoms with Gasteiger partial charge in [0, 0.05) is 13.5 Å². The maximum absolute atomic E-state index is 13.9. The largest absolute Gasteiger partial charge is 0.463 e. The third kappa shape index (κ3) is 7.55. The third-order valence-electron chi connectivity index (χ3n) is 6.26. The lowest BCUT2D eigenvalue weighted by molar-refractivity contribution is -0.202. The van der Waals surface area contributed by atoms with Gasteiger partial charge in [0.2, 0.25) is 0 Å². The lowest BCUT2D eigenvalue weighted by Gasteiger charge is -2.28. The molecule has 224 valence electrons. The number of methoxy groups -OCH3 is 1. The minimum atomic E-state index is -5.44. The van der Waals surface area contributed by atoms with Crippen LogP contribution >= 0.6 is 0 Å². The first-order valence-corrected chi connectivity index (χ1v) is 13.4. The maximum Gasteiger partial charge on any atom is 0.326 e. The van der Waals surface area contributed by atoms with E-state index in [0.717, 1.165) is 0 Å². The van der Waals surface area contributed by atoms with Gasteiger partial charge in [-0.25, -0.2) is 0 Å². The normalized spacial score (nSPS) is 28.0. The van der Waals surface area contributed by atoms with Crippen molar-refractivity contribution >= 4 is 28.0 Å². The number of hydrogen-bond donors (Lipinski definition) is 1. The van der Waals surface area contributed by atoms with Crippen LogP contribution in [0.5, 0.6) is 0 Å². The molecule has 0 amide bonds. The Morgan fingerprint density at radius 2 is 1.56 bits per heavy atom. The van der Waals surface area contributed by atoms with Crippen molar-refractivity contribution in [3.05, 3.63) is 0 Å². The van der Waals surface area contributed by atoms with Gasteiger partial charge in [-0.2, -0.15) is 26.0 Å². The molecule has 0 spiro atoms. The summed E-state index contributed by atoms with van der Waals surface area (Å²) in [5.74, 6) is -18.1. The van der Waals surface area contributed by atoms with Gasteiger partial charge in [-0.15, -0.1) is 0 Å². The van der Waals surface area contributed by atoms with Crippen molar-refractivity contribution in [1.82, 2.24) is 0 Å². The van der Waals surface area contributed by atoms with Gasteiger partial charge >= 0.3 is 29.8 Å². The van der Waals surface area contributed by atoms with Gasteiger partial charge in [0.15, 0.2) is 12.2 Å². The molecular formula is C21H28F4O13S. The summed E-state index contributed by atoms with van der Waals surface area (Å²) in [6.07, 6.45) is -7.82. The predicted molar refractivity (Wildman–Crippen MR) is 115 cm³/mol. The van der Waals surface area contributed by atoms with E-state index in [2.05, 4.69) is 0 Å². The number of esters is 3. The highest BCUT2D eigenvalue weighted by molar-refractivity contribution is 7.85. The molecule has 3 fully saturated rings. The van der Waals surface area contributed by atoms with Crippen LogP contribution in [0.4, 0.5) is 17.6 Å². The van der Waals surface area contributed by atoms with E-state index < -0.39 is 94.7 Å². The van der Waals surface area contributed by atoms with E-state index in [0.29, 0.717) is 13.2 Å². The van der Waals surface area contributed by atoms with Gasteiger partial charge in [-0.05, 0) is 0 Å². The zero-order valence-corrected chi connectivity index (χ0v) is 21.4. The molecule has 18 heteroatoms. The monoisotopic (exact) mass is 596 g/mol. The average Bonchev–Trinajstić information content (AvgIpc) is 3.44. The number of rotatable bonds is 17. The fourth-order valence-corrected chi connectivity index (χ4v) is 5.16. The van der Waals surface area contributed by atoms with E-state index in [9.17, 15) is 40.4 Å². The molecule has 3 saturated heterocycles. The van der Waals surface area contributed by atoms with Crippen molar-refractivity contribution in [2.75, 3.05) is 52.5 Å². The Balaban J connectivity index is 1.50. The van der Waals surface area contributed by atoms with E-state index in [-0.39, 0.29) is 26.4 Å². The molecule has 1 N–H and O–H groups in total. The summed E-state index contributed by atoms with van der Waals surface area (Å²) < 4.78 is 121. The summed E-state index contributed by atoms with van der Waals surface area (Å²) in [7, 11) is -3.92. The molecule has 2 bridgehead atoms. The smallest absolute Gasteiger partial charge is 0.326 e. The highest BCUT2D eigenvalue weighted by Gasteiger charge is 2.72.